The molecule has 1 fully saturated rings. The molecule has 1 aliphatic heterocycles. The van der Waals surface area contributed by atoms with Gasteiger partial charge in [-0.15, -0.1) is 0 Å². The molecule has 1 unspecified atom stereocenters. The lowest BCUT2D eigenvalue weighted by Gasteiger charge is -2.23. The summed E-state index contributed by atoms with van der Waals surface area (Å²) in [6.07, 6.45) is 4.26. The highest BCUT2D eigenvalue weighted by Gasteiger charge is 2.20. The summed E-state index contributed by atoms with van der Waals surface area (Å²) >= 11 is 0. The van der Waals surface area contributed by atoms with E-state index in [1.165, 1.54) is 0 Å². The number of hydrogen-bond acceptors (Lipinski definition) is 6. The van der Waals surface area contributed by atoms with Crippen molar-refractivity contribution in [1.29, 1.82) is 0 Å². The van der Waals surface area contributed by atoms with Crippen LogP contribution in [0.1, 0.15) is 51.1 Å². The van der Waals surface area contributed by atoms with E-state index < -0.39 is 0 Å². The number of ether oxygens (including phenoxy) is 1. The summed E-state index contributed by atoms with van der Waals surface area (Å²) in [6, 6.07) is 7.23. The fraction of sp³-hybridized carbons (Fsp3) is 0.524. The van der Waals surface area contributed by atoms with Crippen LogP contribution in [-0.2, 0) is 0 Å². The van der Waals surface area contributed by atoms with Gasteiger partial charge in [0.2, 0.25) is 5.95 Å². The number of nitrogens with one attached hydrogen (secondary N) is 1. The molecule has 3 rings (SSSR count). The predicted octanol–water partition coefficient (Wildman–Crippen LogP) is 3.71. The van der Waals surface area contributed by atoms with Crippen LogP contribution in [0.3, 0.4) is 0 Å². The summed E-state index contributed by atoms with van der Waals surface area (Å²) in [5.74, 6) is 1.95. The molecule has 0 saturated carbocycles. The summed E-state index contributed by atoms with van der Waals surface area (Å²) in [5, 5.41) is 13.9. The van der Waals surface area contributed by atoms with Crippen LogP contribution < -0.4 is 15.8 Å². The number of piperidine rings is 1. The molecule has 6 nitrogen and oxygen atoms in total. The number of hydrogen-bond donors (Lipinski definition) is 3. The lowest BCUT2D eigenvalue weighted by Crippen LogP contribution is -2.29. The van der Waals surface area contributed by atoms with Gasteiger partial charge in [0.1, 0.15) is 11.5 Å². The van der Waals surface area contributed by atoms with Crippen molar-refractivity contribution >= 4 is 5.95 Å². The molecule has 0 bridgehead atoms. The average molecular weight is 370 g/mol. The molecule has 2 heterocycles. The highest BCUT2D eigenvalue weighted by Crippen LogP contribution is 2.38. The van der Waals surface area contributed by atoms with Gasteiger partial charge < -0.3 is 20.9 Å². The lowest BCUT2D eigenvalue weighted by molar-refractivity contribution is 0.297. The maximum atomic E-state index is 10.5. The van der Waals surface area contributed by atoms with E-state index in [2.05, 4.69) is 29.1 Å². The van der Waals surface area contributed by atoms with Gasteiger partial charge in [-0.1, -0.05) is 19.9 Å². The maximum absolute atomic E-state index is 10.5. The number of phenolic OH excluding ortho intramolecular Hbond substituents is 1. The number of phenols is 1. The molecule has 1 saturated heterocycles. The van der Waals surface area contributed by atoms with Crippen molar-refractivity contribution in [2.45, 2.75) is 45.4 Å². The van der Waals surface area contributed by atoms with E-state index in [1.54, 1.807) is 12.1 Å². The van der Waals surface area contributed by atoms with Gasteiger partial charge in [-0.2, -0.15) is 0 Å². The van der Waals surface area contributed by atoms with Crippen LogP contribution in [-0.4, -0.2) is 34.8 Å². The minimum Gasteiger partial charge on any atom is -0.507 e. The molecule has 0 amide bonds. The Kier molecular flexibility index (Phi) is 6.50. The second-order valence-corrected chi connectivity index (χ2v) is 7.61. The maximum Gasteiger partial charge on any atom is 0.220 e. The predicted molar refractivity (Wildman–Crippen MR) is 108 cm³/mol. The largest absolute Gasteiger partial charge is 0.507 e. The number of aromatic nitrogens is 2. The van der Waals surface area contributed by atoms with E-state index in [-0.39, 0.29) is 11.7 Å². The van der Waals surface area contributed by atoms with Crippen LogP contribution in [0.15, 0.2) is 24.3 Å². The Hall–Kier alpha value is -2.34. The van der Waals surface area contributed by atoms with Crippen molar-refractivity contribution in [3.8, 4) is 22.8 Å². The van der Waals surface area contributed by atoms with Gasteiger partial charge in [0.25, 0.3) is 0 Å². The molecule has 1 aliphatic rings. The van der Waals surface area contributed by atoms with Crippen molar-refractivity contribution in [3.05, 3.63) is 30.0 Å². The molecule has 4 N–H and O–H groups in total. The van der Waals surface area contributed by atoms with Crippen LogP contribution in [0, 0.1) is 5.92 Å². The molecular weight excluding hydrogens is 340 g/mol. The summed E-state index contributed by atoms with van der Waals surface area (Å²) < 4.78 is 5.97. The van der Waals surface area contributed by atoms with Crippen LogP contribution >= 0.6 is 0 Å². The van der Waals surface area contributed by atoms with E-state index in [0.717, 1.165) is 44.5 Å². The zero-order valence-corrected chi connectivity index (χ0v) is 16.2. The smallest absolute Gasteiger partial charge is 0.220 e. The molecule has 2 aromatic rings. The molecule has 27 heavy (non-hydrogen) atoms. The number of nitrogens with zero attached hydrogens (tertiary/aromatic N) is 2. The molecule has 0 radical (unpaired) electrons. The summed E-state index contributed by atoms with van der Waals surface area (Å²) in [5.41, 5.74) is 8.10. The Balaban J connectivity index is 1.87. The van der Waals surface area contributed by atoms with E-state index in [9.17, 15) is 5.11 Å². The van der Waals surface area contributed by atoms with Gasteiger partial charge >= 0.3 is 0 Å². The number of rotatable bonds is 7. The normalized spacial score (nSPS) is 17.2. The van der Waals surface area contributed by atoms with Crippen LogP contribution in [0.25, 0.3) is 11.3 Å². The van der Waals surface area contributed by atoms with Gasteiger partial charge in [-0.25, -0.2) is 9.97 Å². The Morgan fingerprint density at radius 3 is 2.93 bits per heavy atom. The SMILES string of the molecule is CC(C)CCCOc1cccc(O)c1-c1cc(C2CCCNC2)nc(N)n1. The Labute approximate surface area is 161 Å². The van der Waals surface area contributed by atoms with Crippen LogP contribution in [0.2, 0.25) is 0 Å². The van der Waals surface area contributed by atoms with Crippen molar-refractivity contribution < 1.29 is 9.84 Å². The molecule has 1 aromatic carbocycles. The van der Waals surface area contributed by atoms with Gasteiger partial charge in [-0.3, -0.25) is 0 Å². The third-order valence-electron chi connectivity index (χ3n) is 4.92. The summed E-state index contributed by atoms with van der Waals surface area (Å²) in [4.78, 5) is 8.82. The topological polar surface area (TPSA) is 93.3 Å². The van der Waals surface area contributed by atoms with Gasteiger partial charge in [0.05, 0.1) is 23.6 Å². The monoisotopic (exact) mass is 370 g/mol. The Bertz CT molecular complexity index is 758. The number of nitrogens with two attached hydrogens (primary N) is 1. The third-order valence-corrected chi connectivity index (χ3v) is 4.92. The number of nitrogen functional groups attached to an aromatic ring is 1. The molecule has 1 atom stereocenters. The number of anilines is 1. The minimum absolute atomic E-state index is 0.141. The second-order valence-electron chi connectivity index (χ2n) is 7.61. The minimum atomic E-state index is 0.141. The first-order chi connectivity index (χ1) is 13.0. The van der Waals surface area contributed by atoms with E-state index in [4.69, 9.17) is 10.5 Å². The van der Waals surface area contributed by atoms with Crippen molar-refractivity contribution in [3.63, 3.8) is 0 Å². The van der Waals surface area contributed by atoms with Crippen molar-refractivity contribution in [1.82, 2.24) is 15.3 Å². The fourth-order valence-corrected chi connectivity index (χ4v) is 3.50. The second kappa shape index (κ2) is 9.04. The van der Waals surface area contributed by atoms with Crippen LogP contribution in [0.5, 0.6) is 11.5 Å². The third kappa shape index (κ3) is 5.10. The molecule has 6 heteroatoms. The lowest BCUT2D eigenvalue weighted by atomic mass is 9.94. The number of benzene rings is 1. The van der Waals surface area contributed by atoms with Gasteiger partial charge in [0, 0.05) is 12.5 Å². The molecule has 0 spiro atoms. The molecular formula is C21H30N4O2. The highest BCUT2D eigenvalue weighted by molar-refractivity contribution is 5.74. The average Bonchev–Trinajstić information content (AvgIpc) is 2.65. The Morgan fingerprint density at radius 2 is 2.19 bits per heavy atom. The first kappa shape index (κ1) is 19.4. The van der Waals surface area contributed by atoms with E-state index in [1.807, 2.05) is 12.1 Å². The standard InChI is InChI=1S/C21H30N4O2/c1-14(2)6-5-11-27-19-9-3-8-18(26)20(19)17-12-16(24-21(22)25-17)15-7-4-10-23-13-15/h3,8-9,12,14-15,23,26H,4-7,10-11,13H2,1-2H3,(H2,22,24,25). The highest BCUT2D eigenvalue weighted by atomic mass is 16.5. The molecule has 1 aromatic heterocycles. The number of aromatic hydroxyl groups is 1. The van der Waals surface area contributed by atoms with Crippen molar-refractivity contribution in [2.75, 3.05) is 25.4 Å². The zero-order chi connectivity index (χ0) is 19.2. The first-order valence-electron chi connectivity index (χ1n) is 9.85. The van der Waals surface area contributed by atoms with Gasteiger partial charge in [0.15, 0.2) is 0 Å². The first-order valence-corrected chi connectivity index (χ1v) is 9.85. The quantitative estimate of drug-likeness (QED) is 0.643. The van der Waals surface area contributed by atoms with Crippen molar-refractivity contribution in [2.24, 2.45) is 5.92 Å². The Morgan fingerprint density at radius 1 is 1.33 bits per heavy atom. The zero-order valence-electron chi connectivity index (χ0n) is 16.2. The van der Waals surface area contributed by atoms with E-state index >= 15 is 0 Å². The van der Waals surface area contributed by atoms with E-state index in [0.29, 0.717) is 35.4 Å². The molecule has 146 valence electrons. The van der Waals surface area contributed by atoms with Crippen LogP contribution in [0.4, 0.5) is 5.95 Å². The summed E-state index contributed by atoms with van der Waals surface area (Å²) in [6.45, 7) is 6.93. The van der Waals surface area contributed by atoms with Gasteiger partial charge in [-0.05, 0) is 56.3 Å². The fourth-order valence-electron chi connectivity index (χ4n) is 3.50. The summed E-state index contributed by atoms with van der Waals surface area (Å²) in [7, 11) is 0. The molecule has 0 aliphatic carbocycles.